The molecule has 3 heteroatoms. The summed E-state index contributed by atoms with van der Waals surface area (Å²) in [6, 6.07) is 16.8. The molecule has 0 bridgehead atoms. The van der Waals surface area contributed by atoms with E-state index in [0.29, 0.717) is 0 Å². The van der Waals surface area contributed by atoms with Crippen molar-refractivity contribution < 1.29 is 4.39 Å². The Morgan fingerprint density at radius 2 is 1.55 bits per heavy atom. The number of piperazine rings is 1. The second kappa shape index (κ2) is 7.11. The molecule has 1 fully saturated rings. The Hall–Kier alpha value is -2.31. The maximum atomic E-state index is 13.0. The van der Waals surface area contributed by atoms with E-state index in [1.807, 2.05) is 42.5 Å². The smallest absolute Gasteiger partial charge is 0.123 e. The second-order valence-electron chi connectivity index (χ2n) is 5.41. The number of nitrogens with zero attached hydrogens (tertiary/aromatic N) is 2. The van der Waals surface area contributed by atoms with Crippen LogP contribution in [0, 0.1) is 17.7 Å². The molecule has 112 valence electrons. The number of anilines is 1. The van der Waals surface area contributed by atoms with E-state index in [4.69, 9.17) is 0 Å². The fraction of sp³-hybridized carbons (Fsp3) is 0.263. The van der Waals surface area contributed by atoms with Crippen LogP contribution in [0.1, 0.15) is 5.56 Å². The van der Waals surface area contributed by atoms with E-state index in [0.717, 1.165) is 44.0 Å². The first-order valence-corrected chi connectivity index (χ1v) is 7.58. The lowest BCUT2D eigenvalue weighted by Gasteiger charge is -2.35. The molecule has 0 atom stereocenters. The first-order valence-electron chi connectivity index (χ1n) is 7.58. The summed E-state index contributed by atoms with van der Waals surface area (Å²) in [5.74, 6) is 6.25. The molecule has 0 aliphatic carbocycles. The van der Waals surface area contributed by atoms with Gasteiger partial charge in [-0.2, -0.15) is 0 Å². The van der Waals surface area contributed by atoms with Crippen molar-refractivity contribution in [2.24, 2.45) is 0 Å². The molecule has 1 heterocycles. The molecule has 1 aliphatic heterocycles. The van der Waals surface area contributed by atoms with E-state index < -0.39 is 0 Å². The van der Waals surface area contributed by atoms with Crippen LogP contribution in [0.3, 0.4) is 0 Å². The third kappa shape index (κ3) is 3.87. The lowest BCUT2D eigenvalue weighted by Crippen LogP contribution is -2.46. The summed E-state index contributed by atoms with van der Waals surface area (Å²) < 4.78 is 13.0. The van der Waals surface area contributed by atoms with Gasteiger partial charge in [0.25, 0.3) is 0 Å². The van der Waals surface area contributed by atoms with Crippen LogP contribution in [-0.2, 0) is 0 Å². The summed E-state index contributed by atoms with van der Waals surface area (Å²) in [5.41, 5.74) is 2.16. The van der Waals surface area contributed by atoms with Crippen molar-refractivity contribution in [3.05, 3.63) is 66.0 Å². The van der Waals surface area contributed by atoms with E-state index in [2.05, 4.69) is 21.6 Å². The van der Waals surface area contributed by atoms with E-state index in [-0.39, 0.29) is 5.82 Å². The quantitative estimate of drug-likeness (QED) is 0.786. The van der Waals surface area contributed by atoms with Crippen LogP contribution >= 0.6 is 0 Å². The molecule has 0 saturated carbocycles. The molecule has 0 spiro atoms. The average Bonchev–Trinajstić information content (AvgIpc) is 2.57. The molecule has 0 unspecified atom stereocenters. The van der Waals surface area contributed by atoms with Gasteiger partial charge in [-0.15, -0.1) is 0 Å². The Bertz CT molecular complexity index is 647. The average molecular weight is 294 g/mol. The van der Waals surface area contributed by atoms with Gasteiger partial charge in [0.1, 0.15) is 5.82 Å². The van der Waals surface area contributed by atoms with Crippen molar-refractivity contribution in [1.82, 2.24) is 4.90 Å². The van der Waals surface area contributed by atoms with Crippen molar-refractivity contribution in [2.45, 2.75) is 0 Å². The van der Waals surface area contributed by atoms with Gasteiger partial charge >= 0.3 is 0 Å². The van der Waals surface area contributed by atoms with Crippen molar-refractivity contribution in [3.63, 3.8) is 0 Å². The number of benzene rings is 2. The van der Waals surface area contributed by atoms with Crippen LogP contribution in [-0.4, -0.2) is 37.6 Å². The molecule has 0 radical (unpaired) electrons. The normalized spacial score (nSPS) is 15.2. The highest BCUT2D eigenvalue weighted by atomic mass is 19.1. The molecular formula is C19H19FN2. The Morgan fingerprint density at radius 1 is 0.864 bits per heavy atom. The first kappa shape index (κ1) is 14.6. The largest absolute Gasteiger partial charge is 0.369 e. The topological polar surface area (TPSA) is 6.48 Å². The number of hydrogen-bond acceptors (Lipinski definition) is 2. The predicted octanol–water partition coefficient (Wildman–Crippen LogP) is 3.00. The van der Waals surface area contributed by atoms with Crippen LogP contribution in [0.25, 0.3) is 0 Å². The maximum Gasteiger partial charge on any atom is 0.123 e. The highest BCUT2D eigenvalue weighted by molar-refractivity contribution is 5.46. The zero-order valence-electron chi connectivity index (χ0n) is 12.5. The number of hydrogen-bond donors (Lipinski definition) is 0. The van der Waals surface area contributed by atoms with Crippen LogP contribution in [0.5, 0.6) is 0 Å². The monoisotopic (exact) mass is 294 g/mol. The summed E-state index contributed by atoms with van der Waals surface area (Å²) in [7, 11) is 0. The van der Waals surface area contributed by atoms with E-state index in [1.165, 1.54) is 12.1 Å². The molecule has 0 amide bonds. The molecule has 22 heavy (non-hydrogen) atoms. The third-order valence-electron chi connectivity index (χ3n) is 3.87. The van der Waals surface area contributed by atoms with E-state index in [9.17, 15) is 4.39 Å². The zero-order valence-corrected chi connectivity index (χ0v) is 12.5. The number of rotatable bonds is 2. The highest BCUT2D eigenvalue weighted by Crippen LogP contribution is 2.16. The van der Waals surface area contributed by atoms with Gasteiger partial charge in [0.15, 0.2) is 0 Å². The maximum absolute atomic E-state index is 13.0. The molecule has 2 nitrogen and oxygen atoms in total. The van der Waals surface area contributed by atoms with Gasteiger partial charge in [-0.3, -0.25) is 4.90 Å². The molecule has 3 rings (SSSR count). The fourth-order valence-electron chi connectivity index (χ4n) is 2.59. The summed E-state index contributed by atoms with van der Waals surface area (Å²) in [6.45, 7) is 4.69. The minimum atomic E-state index is -0.182. The Balaban J connectivity index is 1.50. The van der Waals surface area contributed by atoms with E-state index in [1.54, 1.807) is 0 Å². The highest BCUT2D eigenvalue weighted by Gasteiger charge is 2.16. The third-order valence-corrected chi connectivity index (χ3v) is 3.87. The molecule has 1 saturated heterocycles. The van der Waals surface area contributed by atoms with Crippen molar-refractivity contribution in [2.75, 3.05) is 37.6 Å². The van der Waals surface area contributed by atoms with Gasteiger partial charge in [0.05, 0.1) is 6.54 Å². The van der Waals surface area contributed by atoms with Crippen LogP contribution < -0.4 is 4.90 Å². The van der Waals surface area contributed by atoms with E-state index >= 15 is 0 Å². The fourth-order valence-corrected chi connectivity index (χ4v) is 2.59. The summed E-state index contributed by atoms with van der Waals surface area (Å²) >= 11 is 0. The van der Waals surface area contributed by atoms with Gasteiger partial charge < -0.3 is 4.90 Å². The zero-order chi connectivity index (χ0) is 15.2. The summed E-state index contributed by atoms with van der Waals surface area (Å²) in [4.78, 5) is 4.65. The second-order valence-corrected chi connectivity index (χ2v) is 5.41. The summed E-state index contributed by atoms with van der Waals surface area (Å²) in [6.07, 6.45) is 0. The van der Waals surface area contributed by atoms with Crippen LogP contribution in [0.15, 0.2) is 54.6 Å². The van der Waals surface area contributed by atoms with Crippen molar-refractivity contribution in [3.8, 4) is 11.8 Å². The molecule has 0 aromatic heterocycles. The standard InChI is InChI=1S/C19H19FN2/c20-18-8-10-19(11-9-18)22-15-13-21(14-16-22)12-4-7-17-5-2-1-3-6-17/h1-3,5-6,8-11H,12-16H2. The van der Waals surface area contributed by atoms with Crippen LogP contribution in [0.2, 0.25) is 0 Å². The molecular weight excluding hydrogens is 275 g/mol. The molecule has 1 aliphatic rings. The Morgan fingerprint density at radius 3 is 2.23 bits per heavy atom. The molecule has 2 aromatic carbocycles. The van der Waals surface area contributed by atoms with Crippen LogP contribution in [0.4, 0.5) is 10.1 Å². The Kier molecular flexibility index (Phi) is 4.72. The van der Waals surface area contributed by atoms with Crippen molar-refractivity contribution in [1.29, 1.82) is 0 Å². The van der Waals surface area contributed by atoms with Crippen molar-refractivity contribution >= 4 is 5.69 Å². The lowest BCUT2D eigenvalue weighted by atomic mass is 10.2. The first-order chi connectivity index (χ1) is 10.8. The lowest BCUT2D eigenvalue weighted by molar-refractivity contribution is 0.288. The van der Waals surface area contributed by atoms with Gasteiger partial charge in [-0.1, -0.05) is 30.0 Å². The van der Waals surface area contributed by atoms with Gasteiger partial charge in [-0.05, 0) is 36.4 Å². The minimum Gasteiger partial charge on any atom is -0.369 e. The van der Waals surface area contributed by atoms with Gasteiger partial charge in [-0.25, -0.2) is 4.39 Å². The van der Waals surface area contributed by atoms with Gasteiger partial charge in [0, 0.05) is 37.4 Å². The minimum absolute atomic E-state index is 0.182. The molecule has 2 aromatic rings. The summed E-state index contributed by atoms with van der Waals surface area (Å²) in [5, 5.41) is 0. The molecule has 0 N–H and O–H groups in total. The van der Waals surface area contributed by atoms with Gasteiger partial charge in [0.2, 0.25) is 0 Å². The predicted molar refractivity (Wildman–Crippen MR) is 88.4 cm³/mol. The SMILES string of the molecule is Fc1ccc(N2CCN(CC#Cc3ccccc3)CC2)cc1. The number of halogens is 1. The Labute approximate surface area is 131 Å².